The van der Waals surface area contributed by atoms with E-state index in [-0.39, 0.29) is 11.6 Å². The van der Waals surface area contributed by atoms with Gasteiger partial charge in [0, 0.05) is 17.8 Å². The molecule has 6 heteroatoms. The van der Waals surface area contributed by atoms with E-state index in [1.54, 1.807) is 0 Å². The van der Waals surface area contributed by atoms with Crippen molar-refractivity contribution in [2.75, 3.05) is 12.4 Å². The van der Waals surface area contributed by atoms with Crippen LogP contribution in [0.25, 0.3) is 0 Å². The molecule has 0 aliphatic rings. The van der Waals surface area contributed by atoms with Crippen molar-refractivity contribution in [1.82, 2.24) is 9.97 Å². The summed E-state index contributed by atoms with van der Waals surface area (Å²) in [7, 11) is 1.37. The summed E-state index contributed by atoms with van der Waals surface area (Å²) in [6.07, 6.45) is 1.10. The van der Waals surface area contributed by atoms with Crippen molar-refractivity contribution in [2.45, 2.75) is 0 Å². The van der Waals surface area contributed by atoms with E-state index in [0.717, 1.165) is 12.4 Å². The number of aromatic nitrogens is 2. The third kappa shape index (κ3) is 2.66. The van der Waals surface area contributed by atoms with Crippen LogP contribution in [-0.2, 0) is 0 Å². The summed E-state index contributed by atoms with van der Waals surface area (Å²) in [6, 6.07) is 5.34. The number of hydrogen-bond donors (Lipinski definition) is 1. The van der Waals surface area contributed by atoms with Gasteiger partial charge in [0.1, 0.15) is 12.1 Å². The highest BCUT2D eigenvalue weighted by atomic mass is 19.1. The van der Waals surface area contributed by atoms with Gasteiger partial charge in [0.05, 0.1) is 7.11 Å². The number of anilines is 2. The summed E-state index contributed by atoms with van der Waals surface area (Å²) in [5, 5.41) is 2.81. The molecule has 0 radical (unpaired) electrons. The Labute approximate surface area is 96.3 Å². The molecule has 2 aromatic rings. The maximum absolute atomic E-state index is 13.1. The van der Waals surface area contributed by atoms with Crippen molar-refractivity contribution in [2.24, 2.45) is 0 Å². The van der Waals surface area contributed by atoms with Gasteiger partial charge in [-0.2, -0.15) is 4.39 Å². The van der Waals surface area contributed by atoms with Crippen molar-refractivity contribution < 1.29 is 13.5 Å². The number of nitrogens with one attached hydrogen (secondary N) is 1. The van der Waals surface area contributed by atoms with Gasteiger partial charge in [-0.1, -0.05) is 0 Å². The molecule has 0 atom stereocenters. The predicted octanol–water partition coefficient (Wildman–Crippen LogP) is 2.51. The average Bonchev–Trinajstić information content (AvgIpc) is 2.32. The fourth-order valence-electron chi connectivity index (χ4n) is 1.29. The molecule has 1 aromatic heterocycles. The molecule has 4 nitrogen and oxygen atoms in total. The van der Waals surface area contributed by atoms with Gasteiger partial charge in [0.2, 0.25) is 5.95 Å². The summed E-state index contributed by atoms with van der Waals surface area (Å²) >= 11 is 0. The molecular formula is C11H9F2N3O. The van der Waals surface area contributed by atoms with E-state index < -0.39 is 11.8 Å². The second kappa shape index (κ2) is 4.73. The first-order valence-electron chi connectivity index (χ1n) is 4.77. The number of halogens is 2. The third-order valence-electron chi connectivity index (χ3n) is 2.06. The van der Waals surface area contributed by atoms with Crippen LogP contribution in [0.15, 0.2) is 30.6 Å². The second-order valence-corrected chi connectivity index (χ2v) is 3.20. The van der Waals surface area contributed by atoms with Gasteiger partial charge in [-0.15, -0.1) is 0 Å². The lowest BCUT2D eigenvalue weighted by Gasteiger charge is -2.07. The summed E-state index contributed by atoms with van der Waals surface area (Å²) in [6.45, 7) is 0. The Bertz CT molecular complexity index is 534. The lowest BCUT2D eigenvalue weighted by Crippen LogP contribution is -1.97. The highest BCUT2D eigenvalue weighted by Crippen LogP contribution is 2.23. The molecule has 0 spiro atoms. The Kier molecular flexibility index (Phi) is 3.13. The monoisotopic (exact) mass is 237 g/mol. The average molecular weight is 237 g/mol. The van der Waals surface area contributed by atoms with Crippen LogP contribution in [0.2, 0.25) is 0 Å². The van der Waals surface area contributed by atoms with Gasteiger partial charge in [-0.25, -0.2) is 14.4 Å². The Balaban J connectivity index is 2.24. The van der Waals surface area contributed by atoms with Crippen LogP contribution in [0.1, 0.15) is 0 Å². The Morgan fingerprint density at radius 1 is 1.18 bits per heavy atom. The number of benzene rings is 1. The second-order valence-electron chi connectivity index (χ2n) is 3.20. The smallest absolute Gasteiger partial charge is 0.218 e. The van der Waals surface area contributed by atoms with Crippen molar-refractivity contribution in [3.8, 4) is 5.75 Å². The SMILES string of the molecule is COc1cc(Nc2cc(F)ncn2)ccc1F. The van der Waals surface area contributed by atoms with E-state index in [9.17, 15) is 8.78 Å². The van der Waals surface area contributed by atoms with Crippen LogP contribution in [0.3, 0.4) is 0 Å². The number of hydrogen-bond acceptors (Lipinski definition) is 4. The van der Waals surface area contributed by atoms with Gasteiger partial charge in [0.25, 0.3) is 0 Å². The third-order valence-corrected chi connectivity index (χ3v) is 2.06. The molecule has 0 saturated carbocycles. The molecule has 88 valence electrons. The minimum Gasteiger partial charge on any atom is -0.494 e. The van der Waals surface area contributed by atoms with E-state index >= 15 is 0 Å². The first-order valence-corrected chi connectivity index (χ1v) is 4.77. The fourth-order valence-corrected chi connectivity index (χ4v) is 1.29. The van der Waals surface area contributed by atoms with Crippen molar-refractivity contribution in [3.05, 3.63) is 42.4 Å². The number of methoxy groups -OCH3 is 1. The Morgan fingerprint density at radius 2 is 2.00 bits per heavy atom. The highest BCUT2D eigenvalue weighted by Gasteiger charge is 2.04. The first kappa shape index (κ1) is 11.3. The van der Waals surface area contributed by atoms with Crippen LogP contribution >= 0.6 is 0 Å². The molecule has 0 aliphatic heterocycles. The zero-order chi connectivity index (χ0) is 12.3. The standard InChI is InChI=1S/C11H9F2N3O/c1-17-9-4-7(2-3-8(9)12)16-11-5-10(13)14-6-15-11/h2-6H,1H3,(H,14,15,16). The molecule has 1 N–H and O–H groups in total. The minimum atomic E-state index is -0.642. The minimum absolute atomic E-state index is 0.101. The van der Waals surface area contributed by atoms with Gasteiger partial charge < -0.3 is 10.1 Å². The molecule has 0 fully saturated rings. The van der Waals surface area contributed by atoms with Gasteiger partial charge in [-0.05, 0) is 12.1 Å². The summed E-state index contributed by atoms with van der Waals surface area (Å²) in [5.74, 6) is -0.723. The van der Waals surface area contributed by atoms with Crippen LogP contribution < -0.4 is 10.1 Å². The zero-order valence-electron chi connectivity index (χ0n) is 8.95. The summed E-state index contributed by atoms with van der Waals surface area (Å²) in [4.78, 5) is 7.14. The van der Waals surface area contributed by atoms with E-state index in [1.165, 1.54) is 25.3 Å². The summed E-state index contributed by atoms with van der Waals surface area (Å²) < 4.78 is 30.8. The topological polar surface area (TPSA) is 47.0 Å². The zero-order valence-corrected chi connectivity index (χ0v) is 8.95. The molecule has 2 rings (SSSR count). The van der Waals surface area contributed by atoms with Crippen molar-refractivity contribution >= 4 is 11.5 Å². The molecule has 0 unspecified atom stereocenters. The normalized spacial score (nSPS) is 10.1. The Hall–Kier alpha value is -2.24. The predicted molar refractivity (Wildman–Crippen MR) is 58.2 cm³/mol. The molecule has 17 heavy (non-hydrogen) atoms. The molecule has 0 bridgehead atoms. The van der Waals surface area contributed by atoms with Crippen LogP contribution in [-0.4, -0.2) is 17.1 Å². The first-order chi connectivity index (χ1) is 8.19. The number of rotatable bonds is 3. The fraction of sp³-hybridized carbons (Fsp3) is 0.0909. The molecule has 1 heterocycles. The molecule has 0 aliphatic carbocycles. The van der Waals surface area contributed by atoms with Crippen LogP contribution in [0, 0.1) is 11.8 Å². The number of ether oxygens (including phenoxy) is 1. The summed E-state index contributed by atoms with van der Waals surface area (Å²) in [5.41, 5.74) is 0.543. The van der Waals surface area contributed by atoms with Crippen LogP contribution in [0.5, 0.6) is 5.75 Å². The quantitative estimate of drug-likeness (QED) is 0.833. The largest absolute Gasteiger partial charge is 0.494 e. The molecule has 0 saturated heterocycles. The maximum Gasteiger partial charge on any atom is 0.218 e. The lowest BCUT2D eigenvalue weighted by atomic mass is 10.3. The van der Waals surface area contributed by atoms with Crippen LogP contribution in [0.4, 0.5) is 20.3 Å². The van der Waals surface area contributed by atoms with E-state index in [4.69, 9.17) is 4.74 Å². The van der Waals surface area contributed by atoms with Gasteiger partial charge in [0.15, 0.2) is 11.6 Å². The molecule has 0 amide bonds. The Morgan fingerprint density at radius 3 is 2.71 bits per heavy atom. The van der Waals surface area contributed by atoms with Gasteiger partial charge >= 0.3 is 0 Å². The van der Waals surface area contributed by atoms with Crippen molar-refractivity contribution in [1.29, 1.82) is 0 Å². The lowest BCUT2D eigenvalue weighted by molar-refractivity contribution is 0.387. The highest BCUT2D eigenvalue weighted by molar-refractivity contribution is 5.58. The van der Waals surface area contributed by atoms with Gasteiger partial charge in [-0.3, -0.25) is 0 Å². The van der Waals surface area contributed by atoms with E-state index in [0.29, 0.717) is 5.69 Å². The number of nitrogens with zero attached hydrogens (tertiary/aromatic N) is 2. The molecular weight excluding hydrogens is 228 g/mol. The molecule has 1 aromatic carbocycles. The van der Waals surface area contributed by atoms with Crippen molar-refractivity contribution in [3.63, 3.8) is 0 Å². The maximum atomic E-state index is 13.1. The van der Waals surface area contributed by atoms with E-state index in [2.05, 4.69) is 15.3 Å². The van der Waals surface area contributed by atoms with E-state index in [1.807, 2.05) is 0 Å².